The van der Waals surface area contributed by atoms with Gasteiger partial charge in [-0.1, -0.05) is 48.0 Å². The molecule has 0 aromatic heterocycles. The maximum Gasteiger partial charge on any atom is 0.264 e. The van der Waals surface area contributed by atoms with Gasteiger partial charge in [-0.3, -0.25) is 9.10 Å². The molecule has 1 amide bonds. The van der Waals surface area contributed by atoms with E-state index in [-0.39, 0.29) is 10.9 Å². The second-order valence-electron chi connectivity index (χ2n) is 7.32. The van der Waals surface area contributed by atoms with Crippen molar-refractivity contribution < 1.29 is 17.9 Å². The first kappa shape index (κ1) is 23.6. The highest BCUT2D eigenvalue weighted by atomic mass is 35.5. The van der Waals surface area contributed by atoms with E-state index in [9.17, 15) is 13.2 Å². The largest absolute Gasteiger partial charge is 0.497 e. The Labute approximate surface area is 193 Å². The van der Waals surface area contributed by atoms with Crippen LogP contribution in [-0.4, -0.2) is 28.0 Å². The minimum atomic E-state index is -3.99. The van der Waals surface area contributed by atoms with Crippen LogP contribution in [0, 0.1) is 6.92 Å². The Morgan fingerprint density at radius 1 is 1.06 bits per heavy atom. The lowest BCUT2D eigenvalue weighted by atomic mass is 10.1. The molecule has 0 aliphatic carbocycles. The number of benzene rings is 3. The summed E-state index contributed by atoms with van der Waals surface area (Å²) in [6.45, 7) is 3.26. The van der Waals surface area contributed by atoms with Gasteiger partial charge in [-0.05, 0) is 61.4 Å². The molecule has 0 heterocycles. The molecule has 1 atom stereocenters. The van der Waals surface area contributed by atoms with Gasteiger partial charge in [-0.2, -0.15) is 0 Å². The van der Waals surface area contributed by atoms with Crippen molar-refractivity contribution in [3.63, 3.8) is 0 Å². The Morgan fingerprint density at radius 3 is 2.31 bits per heavy atom. The SMILES string of the molecule is COc1ccc([C@@H](C)NC(=O)CN(c2ccc(C)c(Cl)c2)S(=O)(=O)c2ccccc2)cc1. The molecule has 8 heteroatoms. The van der Waals surface area contributed by atoms with Gasteiger partial charge in [0.1, 0.15) is 12.3 Å². The van der Waals surface area contributed by atoms with E-state index in [4.69, 9.17) is 16.3 Å². The third-order valence-corrected chi connectivity index (χ3v) is 7.25. The van der Waals surface area contributed by atoms with Crippen LogP contribution in [0.25, 0.3) is 0 Å². The van der Waals surface area contributed by atoms with Crippen LogP contribution in [0.15, 0.2) is 77.7 Å². The summed E-state index contributed by atoms with van der Waals surface area (Å²) < 4.78 is 33.0. The minimum absolute atomic E-state index is 0.0905. The van der Waals surface area contributed by atoms with Crippen LogP contribution in [-0.2, 0) is 14.8 Å². The number of anilines is 1. The zero-order valence-electron chi connectivity index (χ0n) is 18.1. The molecule has 0 saturated carbocycles. The quantitative estimate of drug-likeness (QED) is 0.514. The van der Waals surface area contributed by atoms with Crippen molar-refractivity contribution in [1.82, 2.24) is 5.32 Å². The van der Waals surface area contributed by atoms with Gasteiger partial charge < -0.3 is 10.1 Å². The van der Waals surface area contributed by atoms with Crippen LogP contribution < -0.4 is 14.4 Å². The van der Waals surface area contributed by atoms with Gasteiger partial charge in [0.2, 0.25) is 5.91 Å². The van der Waals surface area contributed by atoms with Crippen LogP contribution in [0.2, 0.25) is 5.02 Å². The Hall–Kier alpha value is -3.03. The maximum absolute atomic E-state index is 13.4. The molecule has 3 aromatic carbocycles. The predicted octanol–water partition coefficient (Wildman–Crippen LogP) is 4.73. The van der Waals surface area contributed by atoms with E-state index in [0.717, 1.165) is 15.4 Å². The van der Waals surface area contributed by atoms with Gasteiger partial charge in [-0.15, -0.1) is 0 Å². The smallest absolute Gasteiger partial charge is 0.264 e. The summed E-state index contributed by atoms with van der Waals surface area (Å²) in [6, 6.07) is 19.9. The van der Waals surface area contributed by atoms with Gasteiger partial charge in [0, 0.05) is 5.02 Å². The Balaban J connectivity index is 1.88. The molecule has 0 saturated heterocycles. The van der Waals surface area contributed by atoms with E-state index in [1.807, 2.05) is 26.0 Å². The van der Waals surface area contributed by atoms with Crippen molar-refractivity contribution >= 4 is 33.2 Å². The molecule has 32 heavy (non-hydrogen) atoms. The number of carbonyl (C=O) groups excluding carboxylic acids is 1. The minimum Gasteiger partial charge on any atom is -0.497 e. The molecule has 0 aliphatic heterocycles. The monoisotopic (exact) mass is 472 g/mol. The van der Waals surface area contributed by atoms with Crippen LogP contribution in [0.1, 0.15) is 24.1 Å². The van der Waals surface area contributed by atoms with E-state index < -0.39 is 22.5 Å². The molecular formula is C24H25ClN2O4S. The van der Waals surface area contributed by atoms with Crippen molar-refractivity contribution in [2.75, 3.05) is 18.0 Å². The van der Waals surface area contributed by atoms with Crippen molar-refractivity contribution in [3.8, 4) is 5.75 Å². The molecule has 0 spiro atoms. The number of hydrogen-bond acceptors (Lipinski definition) is 4. The second-order valence-corrected chi connectivity index (χ2v) is 9.59. The number of halogens is 1. The van der Waals surface area contributed by atoms with E-state index in [0.29, 0.717) is 16.5 Å². The lowest BCUT2D eigenvalue weighted by Gasteiger charge is -2.25. The van der Waals surface area contributed by atoms with E-state index in [1.165, 1.54) is 12.1 Å². The van der Waals surface area contributed by atoms with Crippen LogP contribution in [0.5, 0.6) is 5.75 Å². The van der Waals surface area contributed by atoms with Crippen molar-refractivity contribution in [1.29, 1.82) is 0 Å². The molecule has 0 unspecified atom stereocenters. The fourth-order valence-corrected chi connectivity index (χ4v) is 4.77. The number of ether oxygens (including phenoxy) is 1. The van der Waals surface area contributed by atoms with Gasteiger partial charge >= 0.3 is 0 Å². The number of amides is 1. The first-order valence-electron chi connectivity index (χ1n) is 9.99. The lowest BCUT2D eigenvalue weighted by molar-refractivity contribution is -0.120. The summed E-state index contributed by atoms with van der Waals surface area (Å²) in [5.41, 5.74) is 2.00. The highest BCUT2D eigenvalue weighted by molar-refractivity contribution is 7.92. The Morgan fingerprint density at radius 2 is 1.72 bits per heavy atom. The average molecular weight is 473 g/mol. The van der Waals surface area contributed by atoms with Crippen LogP contribution in [0.4, 0.5) is 5.69 Å². The fraction of sp³-hybridized carbons (Fsp3) is 0.208. The lowest BCUT2D eigenvalue weighted by Crippen LogP contribution is -2.41. The first-order chi connectivity index (χ1) is 15.2. The molecule has 0 radical (unpaired) electrons. The molecule has 3 rings (SSSR count). The van der Waals surface area contributed by atoms with Gasteiger partial charge in [0.15, 0.2) is 0 Å². The van der Waals surface area contributed by atoms with Crippen molar-refractivity contribution in [2.45, 2.75) is 24.8 Å². The third kappa shape index (κ3) is 5.41. The third-order valence-electron chi connectivity index (χ3n) is 5.06. The highest BCUT2D eigenvalue weighted by Crippen LogP contribution is 2.28. The second kappa shape index (κ2) is 10.1. The summed E-state index contributed by atoms with van der Waals surface area (Å²) in [5.74, 6) is 0.271. The summed E-state index contributed by atoms with van der Waals surface area (Å²) in [5, 5.41) is 3.28. The number of sulfonamides is 1. The zero-order valence-corrected chi connectivity index (χ0v) is 19.7. The fourth-order valence-electron chi connectivity index (χ4n) is 3.17. The molecule has 168 valence electrons. The van der Waals surface area contributed by atoms with Gasteiger partial charge in [0.25, 0.3) is 10.0 Å². The molecule has 0 bridgehead atoms. The predicted molar refractivity (Wildman–Crippen MR) is 127 cm³/mol. The van der Waals surface area contributed by atoms with Crippen LogP contribution >= 0.6 is 11.6 Å². The average Bonchev–Trinajstić information content (AvgIpc) is 2.80. The molecule has 0 fully saturated rings. The number of aryl methyl sites for hydroxylation is 1. The van der Waals surface area contributed by atoms with Gasteiger partial charge in [-0.25, -0.2) is 8.42 Å². The standard InChI is InChI=1S/C24H25ClN2O4S/c1-17-9-12-20(15-23(17)25)27(32(29,30)22-7-5-4-6-8-22)16-24(28)26-18(2)19-10-13-21(31-3)14-11-19/h4-15,18H,16H2,1-3H3,(H,26,28)/t18-/m1/s1. The van der Waals surface area contributed by atoms with Crippen molar-refractivity contribution in [2.24, 2.45) is 0 Å². The maximum atomic E-state index is 13.4. The molecule has 3 aromatic rings. The topological polar surface area (TPSA) is 75.7 Å². The van der Waals surface area contributed by atoms with Gasteiger partial charge in [0.05, 0.1) is 23.7 Å². The molecule has 6 nitrogen and oxygen atoms in total. The summed E-state index contributed by atoms with van der Waals surface area (Å²) in [6.07, 6.45) is 0. The molecule has 1 N–H and O–H groups in total. The number of carbonyl (C=O) groups is 1. The van der Waals surface area contributed by atoms with E-state index >= 15 is 0 Å². The highest BCUT2D eigenvalue weighted by Gasteiger charge is 2.28. The van der Waals surface area contributed by atoms with E-state index in [1.54, 1.807) is 55.6 Å². The Kier molecular flexibility index (Phi) is 7.43. The summed E-state index contributed by atoms with van der Waals surface area (Å²) >= 11 is 6.25. The first-order valence-corrected chi connectivity index (χ1v) is 11.8. The number of rotatable bonds is 8. The van der Waals surface area contributed by atoms with Crippen molar-refractivity contribution in [3.05, 3.63) is 88.9 Å². The summed E-state index contributed by atoms with van der Waals surface area (Å²) in [4.78, 5) is 13.0. The number of nitrogens with one attached hydrogen (secondary N) is 1. The van der Waals surface area contributed by atoms with Crippen LogP contribution in [0.3, 0.4) is 0 Å². The number of hydrogen-bond donors (Lipinski definition) is 1. The van der Waals surface area contributed by atoms with E-state index in [2.05, 4.69) is 5.32 Å². The molecular weight excluding hydrogens is 448 g/mol. The molecule has 0 aliphatic rings. The number of nitrogens with zero attached hydrogens (tertiary/aromatic N) is 1. The zero-order chi connectivity index (χ0) is 23.3. The Bertz CT molecular complexity index is 1180. The summed E-state index contributed by atoms with van der Waals surface area (Å²) in [7, 11) is -2.41. The normalized spacial score (nSPS) is 12.1. The number of methoxy groups -OCH3 is 1.